The lowest BCUT2D eigenvalue weighted by Gasteiger charge is -2.34. The van der Waals surface area contributed by atoms with Gasteiger partial charge in [0.05, 0.1) is 16.8 Å². The molecule has 40 heavy (non-hydrogen) atoms. The van der Waals surface area contributed by atoms with E-state index in [1.165, 1.54) is 31.3 Å². The number of ether oxygens (including phenoxy) is 1. The number of nitrogens with one attached hydrogen (secondary N) is 2. The van der Waals surface area contributed by atoms with E-state index in [1.54, 1.807) is 0 Å². The highest BCUT2D eigenvalue weighted by Gasteiger charge is 2.42. The number of rotatable bonds is 7. The molecule has 0 aliphatic carbocycles. The number of pyridine rings is 1. The van der Waals surface area contributed by atoms with Crippen LogP contribution in [0, 0.1) is 17.1 Å². The monoisotopic (exact) mass is 580 g/mol. The standard InChI is InChI=1S/C24H20F4N6O5S/c1-23(15-5-4-14(7-16(15)25)39-12-24(26,27)28)8-17-20(22(36)32-23)21(31-19(35)11-40(2,37)38)34(33-17)18-6-3-13(9-29)10-30-18/h3-7,10H,8,11-12H2,1-2H3,(H,31,35)(H,32,36)/t23-/m0/s1. The minimum Gasteiger partial charge on any atom is -0.484 e. The number of sulfone groups is 1. The fourth-order valence-corrected chi connectivity index (χ4v) is 4.69. The van der Waals surface area contributed by atoms with Crippen LogP contribution in [-0.2, 0) is 26.6 Å². The first-order valence-electron chi connectivity index (χ1n) is 11.4. The lowest BCUT2D eigenvalue weighted by molar-refractivity contribution is -0.153. The number of alkyl halides is 3. The van der Waals surface area contributed by atoms with Gasteiger partial charge in [0.25, 0.3) is 5.91 Å². The SMILES string of the molecule is C[C@@]1(c2ccc(OCC(F)(F)F)cc2F)Cc2nn(-c3ccc(C#N)cn3)c(NC(=O)CS(C)(=O)=O)c2C(=O)N1. The Labute approximate surface area is 224 Å². The first kappa shape index (κ1) is 28.5. The van der Waals surface area contributed by atoms with E-state index in [0.29, 0.717) is 0 Å². The minimum absolute atomic E-state index is 0.0698. The van der Waals surface area contributed by atoms with Crippen LogP contribution >= 0.6 is 0 Å². The first-order valence-corrected chi connectivity index (χ1v) is 13.4. The summed E-state index contributed by atoms with van der Waals surface area (Å²) in [5.74, 6) is -4.07. The molecule has 4 rings (SSSR count). The summed E-state index contributed by atoms with van der Waals surface area (Å²) in [6.45, 7) is -0.138. The molecule has 11 nitrogen and oxygen atoms in total. The van der Waals surface area contributed by atoms with Crippen molar-refractivity contribution >= 4 is 27.5 Å². The molecule has 1 atom stereocenters. The molecule has 2 amide bonds. The van der Waals surface area contributed by atoms with E-state index in [0.717, 1.165) is 23.1 Å². The van der Waals surface area contributed by atoms with Crippen LogP contribution < -0.4 is 15.4 Å². The Balaban J connectivity index is 1.74. The van der Waals surface area contributed by atoms with Crippen LogP contribution in [0.25, 0.3) is 5.82 Å². The third-order valence-electron chi connectivity index (χ3n) is 5.78. The number of anilines is 1. The molecule has 0 fully saturated rings. The van der Waals surface area contributed by atoms with Gasteiger partial charge in [-0.05, 0) is 25.1 Å². The van der Waals surface area contributed by atoms with Crippen molar-refractivity contribution in [3.05, 3.63) is 64.7 Å². The average molecular weight is 581 g/mol. The molecule has 0 bridgehead atoms. The van der Waals surface area contributed by atoms with Crippen molar-refractivity contribution in [2.45, 2.75) is 25.1 Å². The molecule has 1 aliphatic rings. The Bertz CT molecular complexity index is 1650. The number of amides is 2. The number of aromatic nitrogens is 3. The molecule has 2 aromatic heterocycles. The molecule has 0 spiro atoms. The second-order valence-electron chi connectivity index (χ2n) is 9.23. The number of nitriles is 1. The summed E-state index contributed by atoms with van der Waals surface area (Å²) in [6.07, 6.45) is -2.67. The van der Waals surface area contributed by atoms with Gasteiger partial charge in [-0.1, -0.05) is 6.07 Å². The molecule has 0 saturated carbocycles. The van der Waals surface area contributed by atoms with Gasteiger partial charge >= 0.3 is 6.18 Å². The van der Waals surface area contributed by atoms with Crippen molar-refractivity contribution in [1.82, 2.24) is 20.1 Å². The van der Waals surface area contributed by atoms with Gasteiger partial charge in [-0.3, -0.25) is 9.59 Å². The van der Waals surface area contributed by atoms with Gasteiger partial charge in [0.15, 0.2) is 28.1 Å². The summed E-state index contributed by atoms with van der Waals surface area (Å²) in [5, 5.41) is 18.4. The van der Waals surface area contributed by atoms with Gasteiger partial charge < -0.3 is 15.4 Å². The molecule has 3 heterocycles. The van der Waals surface area contributed by atoms with Gasteiger partial charge in [0.2, 0.25) is 5.91 Å². The van der Waals surface area contributed by atoms with Crippen molar-refractivity contribution in [2.24, 2.45) is 0 Å². The van der Waals surface area contributed by atoms with Gasteiger partial charge in [-0.2, -0.15) is 28.2 Å². The van der Waals surface area contributed by atoms with E-state index in [2.05, 4.69) is 25.5 Å². The summed E-state index contributed by atoms with van der Waals surface area (Å²) in [5.41, 5.74) is -1.33. The Morgan fingerprint density at radius 3 is 2.60 bits per heavy atom. The van der Waals surface area contributed by atoms with Crippen molar-refractivity contribution < 1.29 is 40.3 Å². The van der Waals surface area contributed by atoms with Crippen LogP contribution in [-0.4, -0.2) is 59.8 Å². The highest BCUT2D eigenvalue weighted by atomic mass is 32.2. The van der Waals surface area contributed by atoms with Crippen LogP contribution in [0.1, 0.15) is 34.1 Å². The Morgan fingerprint density at radius 1 is 1.30 bits per heavy atom. The normalized spacial score (nSPS) is 17.0. The quantitative estimate of drug-likeness (QED) is 0.404. The number of halogens is 4. The van der Waals surface area contributed by atoms with E-state index >= 15 is 4.39 Å². The van der Waals surface area contributed by atoms with Crippen LogP contribution in [0.3, 0.4) is 0 Å². The Hall–Kier alpha value is -4.52. The highest BCUT2D eigenvalue weighted by Crippen LogP contribution is 2.37. The van der Waals surface area contributed by atoms with Crippen molar-refractivity contribution in [3.63, 3.8) is 0 Å². The number of benzene rings is 1. The molecule has 16 heteroatoms. The van der Waals surface area contributed by atoms with E-state index in [4.69, 9.17) is 5.26 Å². The molecule has 2 N–H and O–H groups in total. The smallest absolute Gasteiger partial charge is 0.422 e. The zero-order valence-electron chi connectivity index (χ0n) is 20.8. The molecule has 0 radical (unpaired) electrons. The zero-order valence-corrected chi connectivity index (χ0v) is 21.7. The van der Waals surface area contributed by atoms with Crippen LogP contribution in [0.15, 0.2) is 36.5 Å². The average Bonchev–Trinajstić information content (AvgIpc) is 3.18. The largest absolute Gasteiger partial charge is 0.484 e. The highest BCUT2D eigenvalue weighted by molar-refractivity contribution is 7.91. The minimum atomic E-state index is -4.62. The predicted octanol–water partition coefficient (Wildman–Crippen LogP) is 2.40. The van der Waals surface area contributed by atoms with Crippen molar-refractivity contribution in [1.29, 1.82) is 5.26 Å². The van der Waals surface area contributed by atoms with Gasteiger partial charge in [0.1, 0.15) is 29.0 Å². The van der Waals surface area contributed by atoms with Crippen LogP contribution in [0.4, 0.5) is 23.4 Å². The van der Waals surface area contributed by atoms with E-state index in [1.807, 2.05) is 6.07 Å². The van der Waals surface area contributed by atoms with E-state index in [9.17, 15) is 31.2 Å². The van der Waals surface area contributed by atoms with E-state index in [-0.39, 0.29) is 46.2 Å². The summed E-state index contributed by atoms with van der Waals surface area (Å²) in [7, 11) is -3.73. The molecule has 1 aliphatic heterocycles. The number of fused-ring (bicyclic) bond motifs is 1. The second-order valence-corrected chi connectivity index (χ2v) is 11.4. The maximum atomic E-state index is 15.1. The second kappa shape index (κ2) is 10.2. The summed E-state index contributed by atoms with van der Waals surface area (Å²) >= 11 is 0. The van der Waals surface area contributed by atoms with Gasteiger partial charge in [-0.15, -0.1) is 0 Å². The summed E-state index contributed by atoms with van der Waals surface area (Å²) < 4.78 is 81.4. The Morgan fingerprint density at radius 2 is 2.02 bits per heavy atom. The summed E-state index contributed by atoms with van der Waals surface area (Å²) in [4.78, 5) is 29.9. The third-order valence-corrected chi connectivity index (χ3v) is 6.56. The van der Waals surface area contributed by atoms with E-state index < -0.39 is 51.5 Å². The Kier molecular flexibility index (Phi) is 7.28. The maximum absolute atomic E-state index is 15.1. The number of carbonyl (C=O) groups excluding carboxylic acids is 2. The summed E-state index contributed by atoms with van der Waals surface area (Å²) in [6, 6.07) is 7.77. The number of carbonyl (C=O) groups is 2. The topological polar surface area (TPSA) is 156 Å². The molecule has 1 aromatic carbocycles. The number of hydrogen-bond acceptors (Lipinski definition) is 8. The predicted molar refractivity (Wildman–Crippen MR) is 131 cm³/mol. The molecule has 210 valence electrons. The fourth-order valence-electron chi connectivity index (χ4n) is 4.14. The zero-order chi connectivity index (χ0) is 29.5. The fraction of sp³-hybridized carbons (Fsp3) is 0.292. The van der Waals surface area contributed by atoms with Crippen molar-refractivity contribution in [3.8, 4) is 17.6 Å². The molecule has 0 unspecified atom stereocenters. The van der Waals surface area contributed by atoms with Gasteiger partial charge in [0, 0.05) is 30.5 Å². The lowest BCUT2D eigenvalue weighted by atomic mass is 9.83. The van der Waals surface area contributed by atoms with Crippen molar-refractivity contribution in [2.75, 3.05) is 23.9 Å². The number of hydrogen-bond donors (Lipinski definition) is 2. The van der Waals surface area contributed by atoms with Crippen LogP contribution in [0.2, 0.25) is 0 Å². The number of nitrogens with zero attached hydrogens (tertiary/aromatic N) is 4. The maximum Gasteiger partial charge on any atom is 0.422 e. The first-order chi connectivity index (χ1) is 18.6. The molecule has 3 aromatic rings. The molecular weight excluding hydrogens is 560 g/mol. The molecule has 0 saturated heterocycles. The molecular formula is C24H20F4N6O5S. The third kappa shape index (κ3) is 6.20. The van der Waals surface area contributed by atoms with Gasteiger partial charge in [-0.25, -0.2) is 17.8 Å². The lowest BCUT2D eigenvalue weighted by Crippen LogP contribution is -2.49. The van der Waals surface area contributed by atoms with Crippen LogP contribution in [0.5, 0.6) is 5.75 Å².